The van der Waals surface area contributed by atoms with Crippen LogP contribution in [0.25, 0.3) is 0 Å². The first-order valence-electron chi connectivity index (χ1n) is 4.64. The third-order valence-electron chi connectivity index (χ3n) is 2.53. The molecular weight excluding hydrogens is 262 g/mol. The molecule has 1 N–H and O–H groups in total. The quantitative estimate of drug-likeness (QED) is 0.793. The molecule has 0 radical (unpaired) electrons. The van der Waals surface area contributed by atoms with Crippen LogP contribution in [0, 0.1) is 5.82 Å². The van der Waals surface area contributed by atoms with Crippen molar-refractivity contribution in [3.63, 3.8) is 0 Å². The van der Waals surface area contributed by atoms with Gasteiger partial charge in [-0.3, -0.25) is 0 Å². The average molecular weight is 272 g/mol. The summed E-state index contributed by atoms with van der Waals surface area (Å²) in [5.41, 5.74) is -0.865. The number of halogens is 5. The predicted molar refractivity (Wildman–Crippen MR) is 55.9 cm³/mol. The van der Waals surface area contributed by atoms with E-state index in [1.165, 1.54) is 0 Å². The molecule has 0 amide bonds. The lowest BCUT2D eigenvalue weighted by atomic mass is 10.1. The number of nitrogens with one attached hydrogen (secondary N) is 1. The fraction of sp³-hybridized carbons (Fsp3) is 0.400. The first-order valence-corrected chi connectivity index (χ1v) is 4.64. The molecular formula is C10H10ClF4NO. The zero-order valence-electron chi connectivity index (χ0n) is 8.77. The maximum atomic E-state index is 13.2. The Bertz CT molecular complexity index is 422. The number of likely N-dealkylation sites (N-methyl/N-ethyl adjacent to an activating group) is 1. The van der Waals surface area contributed by atoms with Crippen molar-refractivity contribution in [3.05, 3.63) is 29.1 Å². The molecule has 7 heteroatoms. The Balaban J connectivity index is 0.00000144. The third kappa shape index (κ3) is 2.47. The lowest BCUT2D eigenvalue weighted by molar-refractivity contribution is -0.140. The Morgan fingerprint density at radius 1 is 1.35 bits per heavy atom. The van der Waals surface area contributed by atoms with Crippen molar-refractivity contribution in [1.29, 1.82) is 0 Å². The van der Waals surface area contributed by atoms with E-state index in [4.69, 9.17) is 4.74 Å². The summed E-state index contributed by atoms with van der Waals surface area (Å²) in [7, 11) is 1.64. The highest BCUT2D eigenvalue weighted by Crippen LogP contribution is 2.39. The first kappa shape index (κ1) is 14.1. The summed E-state index contributed by atoms with van der Waals surface area (Å²) in [4.78, 5) is 0. The van der Waals surface area contributed by atoms with Gasteiger partial charge in [-0.2, -0.15) is 13.2 Å². The van der Waals surface area contributed by atoms with Crippen molar-refractivity contribution < 1.29 is 22.3 Å². The van der Waals surface area contributed by atoms with Crippen LogP contribution in [-0.4, -0.2) is 13.7 Å². The number of rotatable bonds is 1. The van der Waals surface area contributed by atoms with Crippen LogP contribution in [0.3, 0.4) is 0 Å². The topological polar surface area (TPSA) is 21.3 Å². The number of hydrogen-bond acceptors (Lipinski definition) is 2. The molecule has 0 fully saturated rings. The average Bonchev–Trinajstić information content (AvgIpc) is 2.57. The smallest absolute Gasteiger partial charge is 0.419 e. The van der Waals surface area contributed by atoms with E-state index >= 15 is 0 Å². The third-order valence-corrected chi connectivity index (χ3v) is 2.53. The SMILES string of the molecule is CNC1COc2cc(C(F)(F)F)c(F)cc21.Cl. The van der Waals surface area contributed by atoms with Crippen LogP contribution < -0.4 is 10.1 Å². The van der Waals surface area contributed by atoms with Gasteiger partial charge in [-0.05, 0) is 19.2 Å². The van der Waals surface area contributed by atoms with Crippen molar-refractivity contribution >= 4 is 12.4 Å². The van der Waals surface area contributed by atoms with Gasteiger partial charge in [-0.25, -0.2) is 4.39 Å². The van der Waals surface area contributed by atoms with E-state index < -0.39 is 17.6 Å². The van der Waals surface area contributed by atoms with E-state index in [0.29, 0.717) is 11.6 Å². The highest BCUT2D eigenvalue weighted by Gasteiger charge is 2.37. The number of ether oxygens (including phenoxy) is 1. The van der Waals surface area contributed by atoms with Gasteiger partial charge in [0.1, 0.15) is 18.2 Å². The molecule has 0 bridgehead atoms. The number of benzene rings is 1. The molecule has 0 aliphatic carbocycles. The minimum Gasteiger partial charge on any atom is -0.491 e. The van der Waals surface area contributed by atoms with E-state index in [0.717, 1.165) is 6.07 Å². The minimum atomic E-state index is -4.69. The molecule has 96 valence electrons. The molecule has 17 heavy (non-hydrogen) atoms. The van der Waals surface area contributed by atoms with Crippen LogP contribution in [0.15, 0.2) is 12.1 Å². The Morgan fingerprint density at radius 2 is 2.00 bits per heavy atom. The van der Waals surface area contributed by atoms with Gasteiger partial charge in [0, 0.05) is 5.56 Å². The predicted octanol–water partition coefficient (Wildman–Crippen LogP) is 2.92. The zero-order valence-corrected chi connectivity index (χ0v) is 9.58. The molecule has 1 heterocycles. The van der Waals surface area contributed by atoms with Gasteiger partial charge < -0.3 is 10.1 Å². The summed E-state index contributed by atoms with van der Waals surface area (Å²) in [5, 5.41) is 2.83. The van der Waals surface area contributed by atoms with E-state index in [9.17, 15) is 17.6 Å². The maximum Gasteiger partial charge on any atom is 0.419 e. The number of fused-ring (bicyclic) bond motifs is 1. The van der Waals surface area contributed by atoms with Gasteiger partial charge in [0.15, 0.2) is 0 Å². The fourth-order valence-electron chi connectivity index (χ4n) is 1.69. The second-order valence-electron chi connectivity index (χ2n) is 3.52. The molecule has 1 aromatic rings. The van der Waals surface area contributed by atoms with Gasteiger partial charge in [-0.1, -0.05) is 0 Å². The van der Waals surface area contributed by atoms with E-state index in [1.54, 1.807) is 7.05 Å². The monoisotopic (exact) mass is 271 g/mol. The highest BCUT2D eigenvalue weighted by atomic mass is 35.5. The van der Waals surface area contributed by atoms with E-state index in [1.807, 2.05) is 0 Å². The Labute approximate surface area is 101 Å². The van der Waals surface area contributed by atoms with Crippen LogP contribution in [0.2, 0.25) is 0 Å². The summed E-state index contributed by atoms with van der Waals surface area (Å²) < 4.78 is 55.5. The molecule has 1 aliphatic heterocycles. The van der Waals surface area contributed by atoms with E-state index in [2.05, 4.69) is 5.32 Å². The van der Waals surface area contributed by atoms with Crippen molar-refractivity contribution in [2.75, 3.05) is 13.7 Å². The van der Waals surface area contributed by atoms with Gasteiger partial charge in [0.05, 0.1) is 11.6 Å². The second-order valence-corrected chi connectivity index (χ2v) is 3.52. The lowest BCUT2D eigenvalue weighted by Gasteiger charge is -2.11. The summed E-state index contributed by atoms with van der Waals surface area (Å²) in [6, 6.07) is 1.33. The van der Waals surface area contributed by atoms with Crippen LogP contribution in [0.4, 0.5) is 17.6 Å². The number of hydrogen-bond donors (Lipinski definition) is 1. The van der Waals surface area contributed by atoms with Crippen molar-refractivity contribution in [3.8, 4) is 5.75 Å². The Morgan fingerprint density at radius 3 is 2.53 bits per heavy atom. The standard InChI is InChI=1S/C10H9F4NO.ClH/c1-15-8-4-16-9-3-6(10(12,13)14)7(11)2-5(8)9;/h2-3,8,15H,4H2,1H3;1H. The van der Waals surface area contributed by atoms with Crippen molar-refractivity contribution in [2.24, 2.45) is 0 Å². The van der Waals surface area contributed by atoms with Gasteiger partial charge >= 0.3 is 6.18 Å². The normalized spacial score (nSPS) is 18.3. The molecule has 0 spiro atoms. The molecule has 2 rings (SSSR count). The molecule has 1 aromatic carbocycles. The van der Waals surface area contributed by atoms with Crippen LogP contribution in [0.1, 0.15) is 17.2 Å². The van der Waals surface area contributed by atoms with Crippen LogP contribution >= 0.6 is 12.4 Å². The Hall–Kier alpha value is -1.01. The fourth-order valence-corrected chi connectivity index (χ4v) is 1.69. The van der Waals surface area contributed by atoms with Gasteiger partial charge in [0.25, 0.3) is 0 Å². The van der Waals surface area contributed by atoms with E-state index in [-0.39, 0.29) is 30.8 Å². The zero-order chi connectivity index (χ0) is 11.9. The molecule has 1 atom stereocenters. The summed E-state index contributed by atoms with van der Waals surface area (Å²) in [6.45, 7) is 0.215. The van der Waals surface area contributed by atoms with Crippen LogP contribution in [0.5, 0.6) is 5.75 Å². The lowest BCUT2D eigenvalue weighted by Crippen LogP contribution is -2.17. The second kappa shape index (κ2) is 4.70. The summed E-state index contributed by atoms with van der Waals surface area (Å²) in [6.07, 6.45) is -4.69. The van der Waals surface area contributed by atoms with Gasteiger partial charge in [0.2, 0.25) is 0 Å². The van der Waals surface area contributed by atoms with Crippen LogP contribution in [-0.2, 0) is 6.18 Å². The minimum absolute atomic E-state index is 0. The first-order chi connectivity index (χ1) is 7.43. The molecule has 2 nitrogen and oxygen atoms in total. The van der Waals surface area contributed by atoms with Gasteiger partial charge in [-0.15, -0.1) is 12.4 Å². The van der Waals surface area contributed by atoms with Crippen molar-refractivity contribution in [2.45, 2.75) is 12.2 Å². The molecule has 1 unspecified atom stereocenters. The Kier molecular flexibility index (Phi) is 3.88. The molecule has 0 saturated carbocycles. The molecule has 1 aliphatic rings. The molecule has 0 saturated heterocycles. The largest absolute Gasteiger partial charge is 0.491 e. The highest BCUT2D eigenvalue weighted by molar-refractivity contribution is 5.85. The maximum absolute atomic E-state index is 13.2. The number of alkyl halides is 3. The summed E-state index contributed by atoms with van der Waals surface area (Å²) >= 11 is 0. The van der Waals surface area contributed by atoms with Crippen molar-refractivity contribution in [1.82, 2.24) is 5.32 Å². The summed E-state index contributed by atoms with van der Waals surface area (Å²) in [5.74, 6) is -1.18. The molecule has 0 aromatic heterocycles.